The number of benzene rings is 1. The van der Waals surface area contributed by atoms with Gasteiger partial charge >= 0.3 is 5.97 Å². The first-order chi connectivity index (χ1) is 12.5. The molecule has 2 fully saturated rings. The van der Waals surface area contributed by atoms with E-state index in [1.54, 1.807) is 18.8 Å². The van der Waals surface area contributed by atoms with Crippen molar-refractivity contribution >= 4 is 23.4 Å². The highest BCUT2D eigenvalue weighted by molar-refractivity contribution is 7.99. The van der Waals surface area contributed by atoms with Gasteiger partial charge in [0.25, 0.3) is 0 Å². The number of carbonyl (C=O) groups is 1. The molecule has 0 spiro atoms. The monoisotopic (exact) mass is 379 g/mol. The summed E-state index contributed by atoms with van der Waals surface area (Å²) in [7, 11) is 3.84. The summed E-state index contributed by atoms with van der Waals surface area (Å²) in [5, 5.41) is 12.2. The normalized spacial score (nSPS) is 28.3. The van der Waals surface area contributed by atoms with E-state index in [-0.39, 0.29) is 17.5 Å². The van der Waals surface area contributed by atoms with Crippen LogP contribution in [0.25, 0.3) is 0 Å². The number of piperazine rings is 1. The van der Waals surface area contributed by atoms with Crippen molar-refractivity contribution in [1.29, 1.82) is 0 Å². The molecular formula is C19H29N3O3S. The molecule has 0 aromatic heterocycles. The quantitative estimate of drug-likeness (QED) is 0.783. The number of likely N-dealkylation sites (N-methyl/N-ethyl adjacent to an activating group) is 2. The van der Waals surface area contributed by atoms with Gasteiger partial charge in [0.15, 0.2) is 0 Å². The molecule has 2 aliphatic rings. The lowest BCUT2D eigenvalue weighted by molar-refractivity contribution is -0.143. The Kier molecular flexibility index (Phi) is 6.45. The number of thioether (sulfide) groups is 1. The minimum atomic E-state index is -0.855. The maximum absolute atomic E-state index is 11.4. The molecule has 0 aliphatic carbocycles. The standard InChI is InChI=1S/C19H29N3O3S/c1-13-12-16(25-18(13)17(20-2)19(23)24)26-15-6-4-14(5-7-15)22-10-8-21(3)9-11-22/h4-7,13,16-18,20H,8-12H2,1-3H3,(H,23,24)/t13-,16?,17?,18-/m1/s1. The van der Waals surface area contributed by atoms with Gasteiger partial charge < -0.3 is 25.0 Å². The van der Waals surface area contributed by atoms with Crippen LogP contribution in [0, 0.1) is 5.92 Å². The summed E-state index contributed by atoms with van der Waals surface area (Å²) in [5.41, 5.74) is 1.27. The molecule has 26 heavy (non-hydrogen) atoms. The Morgan fingerprint density at radius 2 is 1.92 bits per heavy atom. The van der Waals surface area contributed by atoms with E-state index < -0.39 is 12.0 Å². The Morgan fingerprint density at radius 1 is 1.27 bits per heavy atom. The summed E-state index contributed by atoms with van der Waals surface area (Å²) >= 11 is 1.68. The second kappa shape index (κ2) is 8.61. The summed E-state index contributed by atoms with van der Waals surface area (Å²) in [6.07, 6.45) is 0.570. The summed E-state index contributed by atoms with van der Waals surface area (Å²) < 4.78 is 6.05. The third-order valence-electron chi connectivity index (χ3n) is 5.31. The molecule has 2 aliphatic heterocycles. The van der Waals surface area contributed by atoms with Crippen molar-refractivity contribution in [3.05, 3.63) is 24.3 Å². The van der Waals surface area contributed by atoms with Gasteiger partial charge in [0, 0.05) is 36.8 Å². The number of carboxylic acids is 1. The van der Waals surface area contributed by atoms with E-state index in [1.807, 2.05) is 0 Å². The maximum Gasteiger partial charge on any atom is 0.323 e. The molecule has 1 aromatic carbocycles. The fourth-order valence-corrected chi connectivity index (χ4v) is 4.85. The number of nitrogens with one attached hydrogen (secondary N) is 1. The molecule has 4 atom stereocenters. The molecule has 1 aromatic rings. The lowest BCUT2D eigenvalue weighted by Crippen LogP contribution is -2.46. The molecule has 2 saturated heterocycles. The second-order valence-corrected chi connectivity index (χ2v) is 8.48. The summed E-state index contributed by atoms with van der Waals surface area (Å²) in [5.74, 6) is -0.641. The van der Waals surface area contributed by atoms with Crippen molar-refractivity contribution in [3.8, 4) is 0 Å². The number of ether oxygens (including phenoxy) is 1. The molecule has 0 saturated carbocycles. The highest BCUT2D eigenvalue weighted by Crippen LogP contribution is 2.38. The number of nitrogens with zero attached hydrogens (tertiary/aromatic N) is 2. The second-order valence-electron chi connectivity index (χ2n) is 7.25. The summed E-state index contributed by atoms with van der Waals surface area (Å²) in [6, 6.07) is 7.99. The van der Waals surface area contributed by atoms with Crippen molar-refractivity contribution in [3.63, 3.8) is 0 Å². The number of hydrogen-bond acceptors (Lipinski definition) is 6. The van der Waals surface area contributed by atoms with E-state index in [2.05, 4.69) is 53.4 Å². The zero-order chi connectivity index (χ0) is 18.7. The minimum Gasteiger partial charge on any atom is -0.480 e. The Morgan fingerprint density at radius 3 is 2.50 bits per heavy atom. The lowest BCUT2D eigenvalue weighted by atomic mass is 9.98. The van der Waals surface area contributed by atoms with Gasteiger partial charge in [0.05, 0.1) is 6.10 Å². The minimum absolute atomic E-state index is 0.000290. The molecule has 0 amide bonds. The van der Waals surface area contributed by atoms with Gasteiger partial charge in [-0.2, -0.15) is 0 Å². The van der Waals surface area contributed by atoms with Crippen LogP contribution in [0.2, 0.25) is 0 Å². The topological polar surface area (TPSA) is 65.0 Å². The van der Waals surface area contributed by atoms with Crippen molar-refractivity contribution in [2.75, 3.05) is 45.2 Å². The van der Waals surface area contributed by atoms with E-state index in [0.29, 0.717) is 0 Å². The van der Waals surface area contributed by atoms with Crippen LogP contribution in [0.3, 0.4) is 0 Å². The van der Waals surface area contributed by atoms with Crippen LogP contribution < -0.4 is 10.2 Å². The van der Waals surface area contributed by atoms with Crippen LogP contribution in [-0.4, -0.2) is 73.8 Å². The molecule has 144 valence electrons. The van der Waals surface area contributed by atoms with E-state index in [9.17, 15) is 9.90 Å². The Balaban J connectivity index is 1.57. The Labute approximate surface area is 159 Å². The van der Waals surface area contributed by atoms with Crippen LogP contribution in [0.15, 0.2) is 29.2 Å². The lowest BCUT2D eigenvalue weighted by Gasteiger charge is -2.34. The number of hydrogen-bond donors (Lipinski definition) is 2. The highest BCUT2D eigenvalue weighted by Gasteiger charge is 2.40. The van der Waals surface area contributed by atoms with Gasteiger partial charge in [0.2, 0.25) is 0 Å². The van der Waals surface area contributed by atoms with E-state index in [0.717, 1.165) is 37.5 Å². The van der Waals surface area contributed by atoms with E-state index in [1.165, 1.54) is 5.69 Å². The van der Waals surface area contributed by atoms with Gasteiger partial charge in [-0.15, -0.1) is 0 Å². The van der Waals surface area contributed by atoms with Crippen molar-refractivity contribution in [1.82, 2.24) is 10.2 Å². The Hall–Kier alpha value is -1.28. The number of aliphatic carboxylic acids is 1. The number of rotatable bonds is 6. The molecule has 2 N–H and O–H groups in total. The fourth-order valence-electron chi connectivity index (χ4n) is 3.67. The first-order valence-electron chi connectivity index (χ1n) is 9.23. The Bertz CT molecular complexity index is 605. The fraction of sp³-hybridized carbons (Fsp3) is 0.632. The average Bonchev–Trinajstić information content (AvgIpc) is 2.97. The van der Waals surface area contributed by atoms with E-state index in [4.69, 9.17) is 4.74 Å². The van der Waals surface area contributed by atoms with Crippen LogP contribution >= 0.6 is 11.8 Å². The van der Waals surface area contributed by atoms with Crippen LogP contribution in [-0.2, 0) is 9.53 Å². The van der Waals surface area contributed by atoms with Gasteiger partial charge in [-0.1, -0.05) is 18.7 Å². The van der Waals surface area contributed by atoms with Gasteiger partial charge in [0.1, 0.15) is 11.5 Å². The number of anilines is 1. The van der Waals surface area contributed by atoms with Gasteiger partial charge in [-0.3, -0.25) is 4.79 Å². The van der Waals surface area contributed by atoms with E-state index >= 15 is 0 Å². The van der Waals surface area contributed by atoms with Gasteiger partial charge in [-0.25, -0.2) is 0 Å². The SMILES string of the molecule is CNC(C(=O)O)[C@@H]1OC(Sc2ccc(N3CCN(C)CC3)cc2)C[C@H]1C. The molecule has 0 radical (unpaired) electrons. The molecular weight excluding hydrogens is 350 g/mol. The molecule has 2 unspecified atom stereocenters. The predicted molar refractivity (Wildman–Crippen MR) is 105 cm³/mol. The molecule has 3 rings (SSSR count). The highest BCUT2D eigenvalue weighted by atomic mass is 32.2. The molecule has 2 heterocycles. The van der Waals surface area contributed by atoms with Crippen LogP contribution in [0.4, 0.5) is 5.69 Å². The summed E-state index contributed by atoms with van der Waals surface area (Å²) in [4.78, 5) is 17.3. The molecule has 6 nitrogen and oxygen atoms in total. The van der Waals surface area contributed by atoms with Crippen molar-refractivity contribution in [2.45, 2.75) is 35.8 Å². The third kappa shape index (κ3) is 4.52. The first-order valence-corrected chi connectivity index (χ1v) is 10.1. The third-order valence-corrected chi connectivity index (χ3v) is 6.42. The largest absolute Gasteiger partial charge is 0.480 e. The molecule has 7 heteroatoms. The van der Waals surface area contributed by atoms with Crippen LogP contribution in [0.5, 0.6) is 0 Å². The summed E-state index contributed by atoms with van der Waals surface area (Å²) in [6.45, 7) is 6.39. The first kappa shape index (κ1) is 19.5. The van der Waals surface area contributed by atoms with Crippen molar-refractivity contribution < 1.29 is 14.6 Å². The predicted octanol–water partition coefficient (Wildman–Crippen LogP) is 1.95. The van der Waals surface area contributed by atoms with Crippen molar-refractivity contribution in [2.24, 2.45) is 5.92 Å². The van der Waals surface area contributed by atoms with Crippen LogP contribution in [0.1, 0.15) is 13.3 Å². The maximum atomic E-state index is 11.4. The number of carboxylic acid groups (broad SMARTS) is 1. The molecule has 0 bridgehead atoms. The zero-order valence-corrected chi connectivity index (χ0v) is 16.5. The average molecular weight is 380 g/mol. The smallest absolute Gasteiger partial charge is 0.323 e. The zero-order valence-electron chi connectivity index (χ0n) is 15.7. The van der Waals surface area contributed by atoms with Gasteiger partial charge in [-0.05, 0) is 50.7 Å².